The highest BCUT2D eigenvalue weighted by Gasteiger charge is 2.36. The minimum Gasteiger partial charge on any atom is -0.508 e. The van der Waals surface area contributed by atoms with Crippen molar-refractivity contribution in [2.45, 2.75) is 19.1 Å². The fourth-order valence-electron chi connectivity index (χ4n) is 3.91. The molecular weight excluding hydrogens is 385 g/mol. The molecule has 0 aromatic heterocycles. The second kappa shape index (κ2) is 8.45. The number of phenols is 1. The summed E-state index contributed by atoms with van der Waals surface area (Å²) in [5.74, 6) is 0.124. The van der Waals surface area contributed by atoms with Crippen molar-refractivity contribution in [3.8, 4) is 11.5 Å². The number of fused-ring (bicyclic) bond motifs is 1. The predicted octanol–water partition coefficient (Wildman–Crippen LogP) is 4.82. The van der Waals surface area contributed by atoms with E-state index < -0.39 is 18.0 Å². The highest BCUT2D eigenvalue weighted by Crippen LogP contribution is 2.42. The number of methoxy groups -OCH3 is 1. The number of carbonyl (C=O) groups excluding carboxylic acids is 1. The second-order valence-electron chi connectivity index (χ2n) is 7.12. The number of hydrogen-bond acceptors (Lipinski definition) is 4. The Hall–Kier alpha value is -3.54. The maximum Gasteiger partial charge on any atom is 0.410 e. The van der Waals surface area contributed by atoms with Gasteiger partial charge in [-0.15, -0.1) is 0 Å². The normalized spacial score (nSPS) is 15.4. The molecule has 1 atom stereocenters. The molecule has 1 unspecified atom stereocenters. The zero-order chi connectivity index (χ0) is 21.1. The number of hydrogen-bond donors (Lipinski definition) is 1. The van der Waals surface area contributed by atoms with Crippen molar-refractivity contribution in [2.24, 2.45) is 0 Å². The number of ether oxygens (including phenoxy) is 2. The Morgan fingerprint density at radius 1 is 1.10 bits per heavy atom. The van der Waals surface area contributed by atoms with Gasteiger partial charge in [0, 0.05) is 17.7 Å². The van der Waals surface area contributed by atoms with E-state index >= 15 is 0 Å². The number of rotatable bonds is 4. The van der Waals surface area contributed by atoms with Gasteiger partial charge in [0.15, 0.2) is 0 Å². The Balaban J connectivity index is 1.71. The van der Waals surface area contributed by atoms with E-state index in [2.05, 4.69) is 0 Å². The number of phenolic OH excluding ortho intramolecular Hbond substituents is 1. The fraction of sp³-hybridized carbons (Fsp3) is 0.208. The van der Waals surface area contributed by atoms with Crippen LogP contribution in [0.15, 0.2) is 66.7 Å². The molecule has 0 fully saturated rings. The lowest BCUT2D eigenvalue weighted by molar-refractivity contribution is 0.0830. The topological polar surface area (TPSA) is 59.0 Å². The number of aromatic hydroxyl groups is 1. The van der Waals surface area contributed by atoms with Gasteiger partial charge in [0.05, 0.1) is 13.2 Å². The van der Waals surface area contributed by atoms with Gasteiger partial charge in [-0.25, -0.2) is 9.18 Å². The van der Waals surface area contributed by atoms with E-state index in [1.54, 1.807) is 7.11 Å². The van der Waals surface area contributed by atoms with Crippen LogP contribution in [-0.4, -0.2) is 29.8 Å². The first kappa shape index (κ1) is 19.8. The van der Waals surface area contributed by atoms with Crippen LogP contribution < -0.4 is 4.74 Å². The van der Waals surface area contributed by atoms with Crippen molar-refractivity contribution in [3.63, 3.8) is 0 Å². The van der Waals surface area contributed by atoms with E-state index in [0.717, 1.165) is 16.7 Å². The molecule has 3 aromatic carbocycles. The molecule has 30 heavy (non-hydrogen) atoms. The van der Waals surface area contributed by atoms with Gasteiger partial charge in [-0.05, 0) is 41.8 Å². The van der Waals surface area contributed by atoms with Gasteiger partial charge in [-0.2, -0.15) is 0 Å². The third-order valence-corrected chi connectivity index (χ3v) is 5.32. The number of halogens is 1. The molecule has 1 heterocycles. The summed E-state index contributed by atoms with van der Waals surface area (Å²) in [4.78, 5) is 14.5. The summed E-state index contributed by atoms with van der Waals surface area (Å²) in [6, 6.07) is 18.0. The van der Waals surface area contributed by atoms with Gasteiger partial charge in [0.1, 0.15) is 23.9 Å². The van der Waals surface area contributed by atoms with Crippen LogP contribution in [0.3, 0.4) is 0 Å². The van der Waals surface area contributed by atoms with Crippen molar-refractivity contribution < 1.29 is 23.8 Å². The molecule has 3 aromatic rings. The molecule has 0 spiro atoms. The third-order valence-electron chi connectivity index (χ3n) is 5.32. The summed E-state index contributed by atoms with van der Waals surface area (Å²) in [5, 5.41) is 10.5. The van der Waals surface area contributed by atoms with Crippen LogP contribution >= 0.6 is 0 Å². The van der Waals surface area contributed by atoms with Crippen LogP contribution in [0.2, 0.25) is 0 Å². The molecule has 1 aliphatic heterocycles. The summed E-state index contributed by atoms with van der Waals surface area (Å²) in [6.07, 6.45) is 0.0350. The molecule has 5 nitrogen and oxygen atoms in total. The summed E-state index contributed by atoms with van der Waals surface area (Å²) in [6.45, 7) is 0.477. The van der Waals surface area contributed by atoms with Crippen molar-refractivity contribution in [1.82, 2.24) is 4.90 Å². The zero-order valence-corrected chi connectivity index (χ0v) is 16.5. The molecule has 4 rings (SSSR count). The standard InChI is InChI=1S/C24H22FNO4/c1-29-22-9-5-8-19-18(22)12-13-26(23(19)20-14-17(25)10-11-21(20)27)24(28)30-15-16-6-3-2-4-7-16/h2-11,14,23,27H,12-13,15H2,1H3. The molecule has 6 heteroatoms. The number of nitrogens with zero attached hydrogens (tertiary/aromatic N) is 1. The molecule has 0 saturated carbocycles. The Morgan fingerprint density at radius 3 is 2.67 bits per heavy atom. The molecule has 0 bridgehead atoms. The lowest BCUT2D eigenvalue weighted by Gasteiger charge is -2.37. The molecule has 1 N–H and O–H groups in total. The molecule has 0 saturated heterocycles. The Kier molecular flexibility index (Phi) is 5.57. The minimum absolute atomic E-state index is 0.0853. The van der Waals surface area contributed by atoms with Gasteiger partial charge < -0.3 is 14.6 Å². The monoisotopic (exact) mass is 407 g/mol. The first-order chi connectivity index (χ1) is 14.6. The minimum atomic E-state index is -0.692. The molecule has 1 aliphatic rings. The van der Waals surface area contributed by atoms with Crippen LogP contribution in [0.5, 0.6) is 11.5 Å². The van der Waals surface area contributed by atoms with E-state index in [-0.39, 0.29) is 12.4 Å². The first-order valence-electron chi connectivity index (χ1n) is 9.70. The molecular formula is C24H22FNO4. The van der Waals surface area contributed by atoms with E-state index in [1.807, 2.05) is 48.5 Å². The molecule has 0 radical (unpaired) electrons. The van der Waals surface area contributed by atoms with Gasteiger partial charge in [-0.3, -0.25) is 4.90 Å². The highest BCUT2D eigenvalue weighted by atomic mass is 19.1. The van der Waals surface area contributed by atoms with Gasteiger partial charge >= 0.3 is 6.09 Å². The van der Waals surface area contributed by atoms with E-state index in [0.29, 0.717) is 24.3 Å². The average molecular weight is 407 g/mol. The molecule has 1 amide bonds. The molecule has 0 aliphatic carbocycles. The van der Waals surface area contributed by atoms with E-state index in [4.69, 9.17) is 9.47 Å². The Labute approximate surface area is 174 Å². The molecule has 154 valence electrons. The smallest absolute Gasteiger partial charge is 0.410 e. The van der Waals surface area contributed by atoms with E-state index in [1.165, 1.54) is 23.1 Å². The van der Waals surface area contributed by atoms with Crippen molar-refractivity contribution in [1.29, 1.82) is 0 Å². The first-order valence-corrected chi connectivity index (χ1v) is 9.70. The summed E-state index contributed by atoms with van der Waals surface area (Å²) in [5.41, 5.74) is 2.88. The summed E-state index contributed by atoms with van der Waals surface area (Å²) >= 11 is 0. The quantitative estimate of drug-likeness (QED) is 0.673. The predicted molar refractivity (Wildman–Crippen MR) is 110 cm³/mol. The van der Waals surface area contributed by atoms with Crippen LogP contribution in [0.1, 0.15) is 28.3 Å². The summed E-state index contributed by atoms with van der Waals surface area (Å²) < 4.78 is 25.1. The van der Waals surface area contributed by atoms with Crippen LogP contribution in [0.25, 0.3) is 0 Å². The Morgan fingerprint density at radius 2 is 1.90 bits per heavy atom. The van der Waals surface area contributed by atoms with Crippen molar-refractivity contribution in [2.75, 3.05) is 13.7 Å². The van der Waals surface area contributed by atoms with Crippen LogP contribution in [0.4, 0.5) is 9.18 Å². The fourth-order valence-corrected chi connectivity index (χ4v) is 3.91. The van der Waals surface area contributed by atoms with Crippen LogP contribution in [-0.2, 0) is 17.8 Å². The SMILES string of the molecule is COc1cccc2c1CCN(C(=O)OCc1ccccc1)C2c1cc(F)ccc1O. The maximum absolute atomic E-state index is 14.1. The number of carbonyl (C=O) groups is 1. The largest absolute Gasteiger partial charge is 0.508 e. The van der Waals surface area contributed by atoms with Crippen LogP contribution in [0, 0.1) is 5.82 Å². The van der Waals surface area contributed by atoms with Crippen molar-refractivity contribution >= 4 is 6.09 Å². The van der Waals surface area contributed by atoms with Gasteiger partial charge in [0.25, 0.3) is 0 Å². The van der Waals surface area contributed by atoms with Crippen molar-refractivity contribution in [3.05, 3.63) is 94.8 Å². The van der Waals surface area contributed by atoms with Gasteiger partial charge in [-0.1, -0.05) is 42.5 Å². The third kappa shape index (κ3) is 3.81. The summed E-state index contributed by atoms with van der Waals surface area (Å²) in [7, 11) is 1.59. The highest BCUT2D eigenvalue weighted by molar-refractivity contribution is 5.71. The maximum atomic E-state index is 14.1. The van der Waals surface area contributed by atoms with Gasteiger partial charge in [0.2, 0.25) is 0 Å². The number of amides is 1. The lowest BCUT2D eigenvalue weighted by atomic mass is 9.87. The zero-order valence-electron chi connectivity index (χ0n) is 16.5. The average Bonchev–Trinajstić information content (AvgIpc) is 2.78. The Bertz CT molecular complexity index is 1050. The lowest BCUT2D eigenvalue weighted by Crippen LogP contribution is -2.41. The number of benzene rings is 3. The second-order valence-corrected chi connectivity index (χ2v) is 7.12. The van der Waals surface area contributed by atoms with E-state index in [9.17, 15) is 14.3 Å².